The standard InChI is InChI=1S/C33H30ClNO6/c1-38-28-17-22(18-29(39-2)30(28)40-3)20-33(41-32(37)23-12-8-5-9-13-23)25-19-24(34)14-15-26(25)35-31(33)27(36)16-21-10-6-4-7-11-21/h4-15,17-19,31,35H,16,20H2,1-3H3. The van der Waals surface area contributed by atoms with Crippen LogP contribution < -0.4 is 19.5 Å². The third kappa shape index (κ3) is 5.58. The average Bonchev–Trinajstić information content (AvgIpc) is 3.30. The first kappa shape index (κ1) is 28.1. The van der Waals surface area contributed by atoms with E-state index in [4.69, 9.17) is 30.5 Å². The van der Waals surface area contributed by atoms with Gasteiger partial charge >= 0.3 is 5.97 Å². The lowest BCUT2D eigenvalue weighted by atomic mass is 9.80. The minimum atomic E-state index is -1.45. The van der Waals surface area contributed by atoms with Gasteiger partial charge in [0.05, 0.1) is 26.9 Å². The third-order valence-electron chi connectivity index (χ3n) is 7.22. The van der Waals surface area contributed by atoms with Gasteiger partial charge in [0.2, 0.25) is 5.75 Å². The molecule has 210 valence electrons. The molecule has 4 aromatic carbocycles. The predicted octanol–water partition coefficient (Wildman–Crippen LogP) is 6.27. The van der Waals surface area contributed by atoms with Crippen molar-refractivity contribution in [3.05, 3.63) is 118 Å². The van der Waals surface area contributed by atoms with Gasteiger partial charge in [-0.25, -0.2) is 4.79 Å². The van der Waals surface area contributed by atoms with E-state index in [1.807, 2.05) is 36.4 Å². The molecule has 7 nitrogen and oxygen atoms in total. The molecule has 8 heteroatoms. The minimum absolute atomic E-state index is 0.119. The third-order valence-corrected chi connectivity index (χ3v) is 7.46. The lowest BCUT2D eigenvalue weighted by Gasteiger charge is -2.35. The predicted molar refractivity (Wildman–Crippen MR) is 157 cm³/mol. The van der Waals surface area contributed by atoms with Crippen LogP contribution in [-0.4, -0.2) is 39.1 Å². The first-order chi connectivity index (χ1) is 19.9. The number of carbonyl (C=O) groups excluding carboxylic acids is 2. The molecule has 0 bridgehead atoms. The van der Waals surface area contributed by atoms with E-state index >= 15 is 0 Å². The molecule has 1 aliphatic heterocycles. The molecular weight excluding hydrogens is 542 g/mol. The number of hydrogen-bond acceptors (Lipinski definition) is 7. The van der Waals surface area contributed by atoms with Gasteiger partial charge in [-0.2, -0.15) is 0 Å². The van der Waals surface area contributed by atoms with E-state index in [1.165, 1.54) is 21.3 Å². The number of rotatable bonds is 10. The largest absolute Gasteiger partial charge is 0.493 e. The van der Waals surface area contributed by atoms with E-state index in [1.54, 1.807) is 54.6 Å². The van der Waals surface area contributed by atoms with Crippen LogP contribution in [-0.2, 0) is 28.0 Å². The molecule has 1 N–H and O–H groups in total. The van der Waals surface area contributed by atoms with Gasteiger partial charge in [0.1, 0.15) is 6.04 Å². The highest BCUT2D eigenvalue weighted by atomic mass is 35.5. The summed E-state index contributed by atoms with van der Waals surface area (Å²) in [5, 5.41) is 3.81. The molecule has 0 amide bonds. The Labute approximate surface area is 244 Å². The Kier molecular flexibility index (Phi) is 8.17. The summed E-state index contributed by atoms with van der Waals surface area (Å²) < 4.78 is 23.1. The molecule has 2 unspecified atom stereocenters. The van der Waals surface area contributed by atoms with Gasteiger partial charge in [0.15, 0.2) is 22.9 Å². The van der Waals surface area contributed by atoms with Crippen molar-refractivity contribution >= 4 is 29.0 Å². The van der Waals surface area contributed by atoms with Crippen molar-refractivity contribution in [3.63, 3.8) is 0 Å². The zero-order chi connectivity index (χ0) is 29.0. The maximum atomic E-state index is 14.1. The van der Waals surface area contributed by atoms with Crippen LogP contribution >= 0.6 is 11.6 Å². The first-order valence-corrected chi connectivity index (χ1v) is 13.5. The molecule has 0 saturated carbocycles. The van der Waals surface area contributed by atoms with E-state index in [0.29, 0.717) is 44.6 Å². The highest BCUT2D eigenvalue weighted by molar-refractivity contribution is 6.30. The number of Topliss-reactive ketones (excluding diaryl/α,β-unsaturated/α-hetero) is 1. The number of esters is 1. The van der Waals surface area contributed by atoms with E-state index in [-0.39, 0.29) is 18.6 Å². The number of carbonyl (C=O) groups is 2. The van der Waals surface area contributed by atoms with Crippen molar-refractivity contribution in [2.24, 2.45) is 0 Å². The first-order valence-electron chi connectivity index (χ1n) is 13.1. The number of fused-ring (bicyclic) bond motifs is 1. The van der Waals surface area contributed by atoms with E-state index in [9.17, 15) is 9.59 Å². The summed E-state index contributed by atoms with van der Waals surface area (Å²) >= 11 is 6.49. The molecule has 0 fully saturated rings. The lowest BCUT2D eigenvalue weighted by Crippen LogP contribution is -2.50. The summed E-state index contributed by atoms with van der Waals surface area (Å²) in [6.07, 6.45) is 0.258. The van der Waals surface area contributed by atoms with Crippen molar-refractivity contribution in [1.29, 1.82) is 0 Å². The monoisotopic (exact) mass is 571 g/mol. The highest BCUT2D eigenvalue weighted by Crippen LogP contribution is 2.48. The van der Waals surface area contributed by atoms with Crippen molar-refractivity contribution < 1.29 is 28.5 Å². The van der Waals surface area contributed by atoms with Gasteiger partial charge < -0.3 is 24.3 Å². The fourth-order valence-electron chi connectivity index (χ4n) is 5.35. The Morgan fingerprint density at radius 2 is 1.44 bits per heavy atom. The van der Waals surface area contributed by atoms with Crippen LogP contribution in [0.5, 0.6) is 17.2 Å². The number of halogens is 1. The van der Waals surface area contributed by atoms with Crippen LogP contribution in [0.4, 0.5) is 5.69 Å². The Balaban J connectivity index is 1.67. The molecule has 0 radical (unpaired) electrons. The van der Waals surface area contributed by atoms with Gasteiger partial charge in [0, 0.05) is 29.1 Å². The Hall–Kier alpha value is -4.49. The van der Waals surface area contributed by atoms with Crippen LogP contribution in [0.1, 0.15) is 27.0 Å². The number of hydrogen-bond donors (Lipinski definition) is 1. The zero-order valence-corrected chi connectivity index (χ0v) is 23.7. The smallest absolute Gasteiger partial charge is 0.339 e. The maximum Gasteiger partial charge on any atom is 0.339 e. The van der Waals surface area contributed by atoms with Crippen molar-refractivity contribution in [2.75, 3.05) is 26.6 Å². The number of methoxy groups -OCH3 is 3. The van der Waals surface area contributed by atoms with Crippen molar-refractivity contribution in [1.82, 2.24) is 0 Å². The quantitative estimate of drug-likeness (QED) is 0.225. The van der Waals surface area contributed by atoms with Gasteiger partial charge in [-0.1, -0.05) is 60.1 Å². The van der Waals surface area contributed by atoms with Crippen LogP contribution in [0.15, 0.2) is 91.0 Å². The average molecular weight is 572 g/mol. The molecule has 0 saturated heterocycles. The fourth-order valence-corrected chi connectivity index (χ4v) is 5.52. The normalized spacial score (nSPS) is 17.2. The summed E-state index contributed by atoms with van der Waals surface area (Å²) in [4.78, 5) is 27.8. The van der Waals surface area contributed by atoms with E-state index in [2.05, 4.69) is 5.32 Å². The lowest BCUT2D eigenvalue weighted by molar-refractivity contribution is -0.125. The molecule has 5 rings (SSSR count). The SMILES string of the molecule is COc1cc(CC2(OC(=O)c3ccccc3)c3cc(Cl)ccc3NC2C(=O)Cc2ccccc2)cc(OC)c1OC. The summed E-state index contributed by atoms with van der Waals surface area (Å²) in [5.41, 5.74) is 1.73. The summed E-state index contributed by atoms with van der Waals surface area (Å²) in [5.74, 6) is 0.604. The second-order valence-electron chi connectivity index (χ2n) is 9.75. The Morgan fingerprint density at radius 1 is 0.805 bits per heavy atom. The fraction of sp³-hybridized carbons (Fsp3) is 0.212. The number of anilines is 1. The number of ketones is 1. The zero-order valence-electron chi connectivity index (χ0n) is 23.0. The molecule has 0 aromatic heterocycles. The van der Waals surface area contributed by atoms with E-state index < -0.39 is 17.6 Å². The summed E-state index contributed by atoms with van der Waals surface area (Å²) in [6, 6.07) is 26.1. The second-order valence-corrected chi connectivity index (χ2v) is 10.2. The number of benzene rings is 4. The van der Waals surface area contributed by atoms with Crippen molar-refractivity contribution in [2.45, 2.75) is 24.5 Å². The van der Waals surface area contributed by atoms with Crippen LogP contribution in [0.25, 0.3) is 0 Å². The van der Waals surface area contributed by atoms with Crippen LogP contribution in [0.3, 0.4) is 0 Å². The molecule has 0 spiro atoms. The topological polar surface area (TPSA) is 83.1 Å². The second kappa shape index (κ2) is 11.9. The molecule has 2 atom stereocenters. The molecule has 1 heterocycles. The minimum Gasteiger partial charge on any atom is -0.493 e. The molecule has 4 aromatic rings. The molecular formula is C33H30ClNO6. The van der Waals surface area contributed by atoms with Crippen molar-refractivity contribution in [3.8, 4) is 17.2 Å². The van der Waals surface area contributed by atoms with Gasteiger partial charge in [0.25, 0.3) is 0 Å². The summed E-state index contributed by atoms with van der Waals surface area (Å²) in [7, 11) is 4.59. The molecule has 41 heavy (non-hydrogen) atoms. The van der Waals surface area contributed by atoms with Gasteiger partial charge in [-0.15, -0.1) is 0 Å². The van der Waals surface area contributed by atoms with Crippen LogP contribution in [0, 0.1) is 0 Å². The number of ether oxygens (including phenoxy) is 4. The maximum absolute atomic E-state index is 14.1. The Morgan fingerprint density at radius 3 is 2.05 bits per heavy atom. The van der Waals surface area contributed by atoms with E-state index in [0.717, 1.165) is 5.56 Å². The number of nitrogens with one attached hydrogen (secondary N) is 1. The highest BCUT2D eigenvalue weighted by Gasteiger charge is 2.54. The summed E-state index contributed by atoms with van der Waals surface area (Å²) in [6.45, 7) is 0. The Bertz CT molecular complexity index is 1530. The molecule has 0 aliphatic carbocycles. The van der Waals surface area contributed by atoms with Gasteiger partial charge in [-0.05, 0) is 53.6 Å². The molecule has 1 aliphatic rings. The van der Waals surface area contributed by atoms with Crippen LogP contribution in [0.2, 0.25) is 5.02 Å². The van der Waals surface area contributed by atoms with Gasteiger partial charge in [-0.3, -0.25) is 4.79 Å².